The number of hydrogen-bond acceptors (Lipinski definition) is 2. The predicted molar refractivity (Wildman–Crippen MR) is 60.0 cm³/mol. The molecule has 3 heteroatoms. The van der Waals surface area contributed by atoms with Crippen molar-refractivity contribution in [2.75, 3.05) is 19.0 Å². The molecule has 0 bridgehead atoms. The Hall–Kier alpha value is -0.280. The van der Waals surface area contributed by atoms with E-state index < -0.39 is 7.14 Å². The Balaban J connectivity index is 2.89. The summed E-state index contributed by atoms with van der Waals surface area (Å²) in [5, 5.41) is 9.31. The molecule has 0 aliphatic carbocycles. The van der Waals surface area contributed by atoms with E-state index >= 15 is 0 Å². The van der Waals surface area contributed by atoms with Gasteiger partial charge in [-0.2, -0.15) is 5.26 Å². The maximum atomic E-state index is 11.9. The van der Waals surface area contributed by atoms with Gasteiger partial charge in [-0.05, 0) is 24.9 Å². The van der Waals surface area contributed by atoms with Crippen LogP contribution in [0.1, 0.15) is 33.6 Å². The summed E-state index contributed by atoms with van der Waals surface area (Å²) in [6.07, 6.45) is 3.11. The van der Waals surface area contributed by atoms with Crippen LogP contribution in [0.4, 0.5) is 0 Å². The van der Waals surface area contributed by atoms with E-state index in [0.717, 1.165) is 25.2 Å². The van der Waals surface area contributed by atoms with Crippen LogP contribution in [-0.2, 0) is 4.57 Å². The molecular weight excluding hydrogens is 193 g/mol. The fraction of sp³-hybridized carbons (Fsp3) is 0.909. The topological polar surface area (TPSA) is 40.9 Å². The first-order valence-electron chi connectivity index (χ1n) is 5.19. The first-order chi connectivity index (χ1) is 6.22. The molecule has 1 heterocycles. The van der Waals surface area contributed by atoms with Gasteiger partial charge < -0.3 is 4.57 Å². The molecule has 0 radical (unpaired) electrons. The summed E-state index contributed by atoms with van der Waals surface area (Å²) >= 11 is 0. The highest BCUT2D eigenvalue weighted by Crippen LogP contribution is 2.57. The molecule has 0 amide bonds. The van der Waals surface area contributed by atoms with Crippen LogP contribution in [-0.4, -0.2) is 19.0 Å². The number of nitrogens with zero attached hydrogens (tertiary/aromatic N) is 1. The smallest absolute Gasteiger partial charge is 0.0849 e. The van der Waals surface area contributed by atoms with Crippen molar-refractivity contribution in [1.82, 2.24) is 0 Å². The van der Waals surface area contributed by atoms with Gasteiger partial charge in [0.15, 0.2) is 0 Å². The average Bonchev–Trinajstić information content (AvgIpc) is 2.03. The van der Waals surface area contributed by atoms with Gasteiger partial charge in [-0.15, -0.1) is 0 Å². The van der Waals surface area contributed by atoms with E-state index in [1.54, 1.807) is 0 Å². The van der Waals surface area contributed by atoms with Gasteiger partial charge in [-0.1, -0.05) is 20.8 Å². The molecule has 0 N–H and O–H groups in total. The second-order valence-electron chi connectivity index (χ2n) is 5.69. The second-order valence-corrected chi connectivity index (χ2v) is 9.18. The molecule has 0 aromatic rings. The molecule has 0 saturated carbocycles. The first kappa shape index (κ1) is 11.8. The van der Waals surface area contributed by atoms with E-state index in [0.29, 0.717) is 0 Å². The number of rotatable bonds is 0. The van der Waals surface area contributed by atoms with Gasteiger partial charge >= 0.3 is 0 Å². The van der Waals surface area contributed by atoms with Gasteiger partial charge in [-0.25, -0.2) is 0 Å². The van der Waals surface area contributed by atoms with Crippen LogP contribution in [0.25, 0.3) is 0 Å². The lowest BCUT2D eigenvalue weighted by Crippen LogP contribution is -2.38. The standard InChI is InChI=1S/C11H20NOP/c1-10(2,3)11(9-12)5-7-14(4,13)8-6-11/h5-8H2,1-4H3. The van der Waals surface area contributed by atoms with Crippen molar-refractivity contribution in [3.8, 4) is 6.07 Å². The summed E-state index contributed by atoms with van der Waals surface area (Å²) in [6, 6.07) is 2.47. The Bertz CT molecular complexity index is 296. The van der Waals surface area contributed by atoms with Crippen molar-refractivity contribution in [3.63, 3.8) is 0 Å². The van der Waals surface area contributed by atoms with Gasteiger partial charge in [0, 0.05) is 12.3 Å². The van der Waals surface area contributed by atoms with Crippen molar-refractivity contribution in [1.29, 1.82) is 5.26 Å². The molecule has 0 spiro atoms. The minimum Gasteiger partial charge on any atom is -0.324 e. The average molecular weight is 213 g/mol. The lowest BCUT2D eigenvalue weighted by Gasteiger charge is -2.43. The summed E-state index contributed by atoms with van der Waals surface area (Å²) in [5.41, 5.74) is -0.251. The fourth-order valence-electron chi connectivity index (χ4n) is 2.12. The van der Waals surface area contributed by atoms with Crippen molar-refractivity contribution in [3.05, 3.63) is 0 Å². The quantitative estimate of drug-likeness (QED) is 0.579. The minimum absolute atomic E-state index is 0.00215. The van der Waals surface area contributed by atoms with Crippen molar-refractivity contribution in [2.45, 2.75) is 33.6 Å². The lowest BCUT2D eigenvalue weighted by atomic mass is 9.64. The Morgan fingerprint density at radius 1 is 1.29 bits per heavy atom. The number of nitriles is 1. The Morgan fingerprint density at radius 2 is 1.71 bits per heavy atom. The zero-order valence-electron chi connectivity index (χ0n) is 9.63. The van der Waals surface area contributed by atoms with Crippen molar-refractivity contribution >= 4 is 7.14 Å². The van der Waals surface area contributed by atoms with E-state index in [4.69, 9.17) is 0 Å². The van der Waals surface area contributed by atoms with Gasteiger partial charge in [-0.3, -0.25) is 0 Å². The number of hydrogen-bond donors (Lipinski definition) is 0. The predicted octanol–water partition coefficient (Wildman–Crippen LogP) is 3.33. The summed E-state index contributed by atoms with van der Waals surface area (Å²) in [5.74, 6) is 0. The van der Waals surface area contributed by atoms with Crippen LogP contribution in [0.5, 0.6) is 0 Å². The summed E-state index contributed by atoms with van der Waals surface area (Å²) in [7, 11) is -1.90. The van der Waals surface area contributed by atoms with Crippen molar-refractivity contribution < 1.29 is 4.57 Å². The molecule has 0 atom stereocenters. The SMILES string of the molecule is CC(C)(C)C1(C#N)CCP(C)(=O)CC1. The van der Waals surface area contributed by atoms with E-state index in [1.807, 2.05) is 6.66 Å². The molecule has 2 nitrogen and oxygen atoms in total. The fourth-order valence-corrected chi connectivity index (χ4v) is 4.05. The zero-order valence-corrected chi connectivity index (χ0v) is 10.5. The monoisotopic (exact) mass is 213 g/mol. The van der Waals surface area contributed by atoms with Gasteiger partial charge in [0.25, 0.3) is 0 Å². The maximum absolute atomic E-state index is 11.9. The molecule has 1 saturated heterocycles. The molecule has 80 valence electrons. The lowest BCUT2D eigenvalue weighted by molar-refractivity contribution is 0.139. The second kappa shape index (κ2) is 3.38. The molecular formula is C11H20NOP. The molecule has 0 unspecified atom stereocenters. The van der Waals surface area contributed by atoms with Crippen LogP contribution in [0, 0.1) is 22.2 Å². The Morgan fingerprint density at radius 3 is 2.00 bits per heavy atom. The summed E-state index contributed by atoms with van der Waals surface area (Å²) < 4.78 is 11.9. The molecule has 1 aliphatic rings. The Kier molecular flexibility index (Phi) is 2.85. The third kappa shape index (κ3) is 2.04. The molecule has 0 aromatic heterocycles. The molecule has 1 fully saturated rings. The summed E-state index contributed by atoms with van der Waals surface area (Å²) in [6.45, 7) is 8.21. The largest absolute Gasteiger partial charge is 0.324 e. The van der Waals surface area contributed by atoms with Gasteiger partial charge in [0.1, 0.15) is 0 Å². The van der Waals surface area contributed by atoms with Crippen LogP contribution in [0.15, 0.2) is 0 Å². The third-order valence-corrected chi connectivity index (χ3v) is 6.01. The highest BCUT2D eigenvalue weighted by atomic mass is 31.2. The van der Waals surface area contributed by atoms with Crippen LogP contribution in [0.3, 0.4) is 0 Å². The normalized spacial score (nSPS) is 39.1. The molecule has 1 rings (SSSR count). The van der Waals surface area contributed by atoms with E-state index in [2.05, 4.69) is 26.8 Å². The van der Waals surface area contributed by atoms with E-state index in [-0.39, 0.29) is 10.8 Å². The van der Waals surface area contributed by atoms with Crippen LogP contribution in [0.2, 0.25) is 0 Å². The van der Waals surface area contributed by atoms with Crippen molar-refractivity contribution in [2.24, 2.45) is 10.8 Å². The molecule has 0 aromatic carbocycles. The zero-order chi connectivity index (χ0) is 11.0. The summed E-state index contributed by atoms with van der Waals surface area (Å²) in [4.78, 5) is 0. The van der Waals surface area contributed by atoms with Crippen LogP contribution < -0.4 is 0 Å². The highest BCUT2D eigenvalue weighted by Gasteiger charge is 2.46. The van der Waals surface area contributed by atoms with Crippen LogP contribution >= 0.6 is 7.14 Å². The minimum atomic E-state index is -1.90. The van der Waals surface area contributed by atoms with E-state index in [1.165, 1.54) is 0 Å². The molecule has 1 aliphatic heterocycles. The maximum Gasteiger partial charge on any atom is 0.0849 e. The van der Waals surface area contributed by atoms with E-state index in [9.17, 15) is 9.83 Å². The Labute approximate surface area is 87.1 Å². The molecule has 14 heavy (non-hydrogen) atoms. The first-order valence-corrected chi connectivity index (χ1v) is 7.72. The van der Waals surface area contributed by atoms with Gasteiger partial charge in [0.2, 0.25) is 0 Å². The highest BCUT2D eigenvalue weighted by molar-refractivity contribution is 7.63. The van der Waals surface area contributed by atoms with Gasteiger partial charge in [0.05, 0.1) is 18.6 Å². The third-order valence-electron chi connectivity index (χ3n) is 3.67.